The second-order valence-corrected chi connectivity index (χ2v) is 9.37. The number of nitrogens with one attached hydrogen (secondary N) is 2. The van der Waals surface area contributed by atoms with Gasteiger partial charge in [-0.1, -0.05) is 49.6 Å². The van der Waals surface area contributed by atoms with Gasteiger partial charge in [-0.05, 0) is 18.4 Å². The monoisotopic (exact) mass is 430 g/mol. The van der Waals surface area contributed by atoms with Crippen LogP contribution in [-0.2, 0) is 15.3 Å². The van der Waals surface area contributed by atoms with Crippen molar-refractivity contribution in [2.45, 2.75) is 56.0 Å². The minimum absolute atomic E-state index is 0.0347. The maximum Gasteiger partial charge on any atom is 0.317 e. The molecule has 0 unspecified atom stereocenters. The molecule has 162 valence electrons. The number of piperazine rings is 2. The summed E-state index contributed by atoms with van der Waals surface area (Å²) >= 11 is 1.65. The van der Waals surface area contributed by atoms with Gasteiger partial charge in [-0.3, -0.25) is 9.59 Å². The summed E-state index contributed by atoms with van der Waals surface area (Å²) in [4.78, 5) is 41.6. The van der Waals surface area contributed by atoms with E-state index in [0.717, 1.165) is 31.4 Å². The summed E-state index contributed by atoms with van der Waals surface area (Å²) < 4.78 is 0. The third-order valence-corrected chi connectivity index (χ3v) is 7.30. The van der Waals surface area contributed by atoms with E-state index in [-0.39, 0.29) is 30.4 Å². The van der Waals surface area contributed by atoms with Gasteiger partial charge in [0.2, 0.25) is 11.8 Å². The van der Waals surface area contributed by atoms with Crippen molar-refractivity contribution < 1.29 is 14.4 Å². The Kier molecular flexibility index (Phi) is 6.82. The molecular weight excluding hydrogens is 400 g/mol. The van der Waals surface area contributed by atoms with Gasteiger partial charge in [0.25, 0.3) is 0 Å². The summed E-state index contributed by atoms with van der Waals surface area (Å²) in [6, 6.07) is 9.14. The SMILES string of the molecule is O=C1N[C@@H](CSCc2ccccc2)C(=O)N2CCN(C(=O)NC3CCCCC3)C[C@H]12. The Hall–Kier alpha value is -2.22. The highest BCUT2D eigenvalue weighted by molar-refractivity contribution is 7.98. The number of thioether (sulfide) groups is 1. The molecule has 0 aromatic heterocycles. The molecule has 2 aliphatic heterocycles. The summed E-state index contributed by atoms with van der Waals surface area (Å²) in [5.74, 6) is 1.16. The Balaban J connectivity index is 1.28. The Morgan fingerprint density at radius 1 is 1.10 bits per heavy atom. The molecule has 0 bridgehead atoms. The van der Waals surface area contributed by atoms with Gasteiger partial charge in [0.1, 0.15) is 12.1 Å². The average molecular weight is 431 g/mol. The van der Waals surface area contributed by atoms with E-state index < -0.39 is 12.1 Å². The lowest BCUT2D eigenvalue weighted by atomic mass is 9.96. The Morgan fingerprint density at radius 2 is 1.87 bits per heavy atom. The maximum absolute atomic E-state index is 12.9. The highest BCUT2D eigenvalue weighted by Gasteiger charge is 2.44. The van der Waals surface area contributed by atoms with Gasteiger partial charge in [0, 0.05) is 30.6 Å². The van der Waals surface area contributed by atoms with Gasteiger partial charge in [-0.2, -0.15) is 11.8 Å². The molecule has 2 saturated heterocycles. The van der Waals surface area contributed by atoms with Crippen LogP contribution in [0.4, 0.5) is 4.79 Å². The number of urea groups is 1. The molecule has 4 amide bonds. The van der Waals surface area contributed by atoms with Crippen LogP contribution in [0.25, 0.3) is 0 Å². The van der Waals surface area contributed by atoms with Crippen molar-refractivity contribution in [3.8, 4) is 0 Å². The van der Waals surface area contributed by atoms with Gasteiger partial charge in [-0.15, -0.1) is 0 Å². The van der Waals surface area contributed by atoms with Gasteiger partial charge >= 0.3 is 6.03 Å². The molecular formula is C22H30N4O3S. The van der Waals surface area contributed by atoms with Crippen LogP contribution < -0.4 is 10.6 Å². The van der Waals surface area contributed by atoms with Gasteiger partial charge in [-0.25, -0.2) is 4.79 Å². The zero-order valence-electron chi connectivity index (χ0n) is 17.2. The molecule has 1 aromatic rings. The molecule has 1 saturated carbocycles. The number of rotatable bonds is 5. The third-order valence-electron chi connectivity index (χ3n) is 6.20. The summed E-state index contributed by atoms with van der Waals surface area (Å²) in [6.45, 7) is 1.15. The number of amides is 4. The fraction of sp³-hybridized carbons (Fsp3) is 0.591. The molecule has 1 aliphatic carbocycles. The third kappa shape index (κ3) is 4.91. The summed E-state index contributed by atoms with van der Waals surface area (Å²) in [5.41, 5.74) is 1.20. The van der Waals surface area contributed by atoms with E-state index >= 15 is 0 Å². The standard InChI is InChI=1S/C22H30N4O3S/c27-20-19-13-25(22(29)23-17-9-5-2-6-10-17)11-12-26(19)21(28)18(24-20)15-30-14-16-7-3-1-4-8-16/h1,3-4,7-8,17-19H,2,5-6,9-15H2,(H,23,29)(H,24,27)/t18-,19+/m0/s1. The van der Waals surface area contributed by atoms with Crippen molar-refractivity contribution in [3.05, 3.63) is 35.9 Å². The predicted molar refractivity (Wildman–Crippen MR) is 117 cm³/mol. The molecule has 2 atom stereocenters. The lowest BCUT2D eigenvalue weighted by Crippen LogP contribution is -2.70. The molecule has 4 rings (SSSR count). The molecule has 8 heteroatoms. The molecule has 7 nitrogen and oxygen atoms in total. The molecule has 2 heterocycles. The smallest absolute Gasteiger partial charge is 0.317 e. The number of nitrogens with zero attached hydrogens (tertiary/aromatic N) is 2. The number of benzene rings is 1. The predicted octanol–water partition coefficient (Wildman–Crippen LogP) is 1.97. The normalized spacial score (nSPS) is 24.9. The zero-order valence-corrected chi connectivity index (χ0v) is 18.0. The van der Waals surface area contributed by atoms with Crippen molar-refractivity contribution in [2.75, 3.05) is 25.4 Å². The first-order valence-corrected chi connectivity index (χ1v) is 12.1. The molecule has 0 radical (unpaired) electrons. The largest absolute Gasteiger partial charge is 0.342 e. The number of carbonyl (C=O) groups is 3. The topological polar surface area (TPSA) is 81.8 Å². The van der Waals surface area contributed by atoms with E-state index in [1.54, 1.807) is 21.6 Å². The molecule has 0 spiro atoms. The van der Waals surface area contributed by atoms with Crippen molar-refractivity contribution in [1.82, 2.24) is 20.4 Å². The maximum atomic E-state index is 12.9. The van der Waals surface area contributed by atoms with Crippen molar-refractivity contribution in [2.24, 2.45) is 0 Å². The molecule has 1 aromatic carbocycles. The van der Waals surface area contributed by atoms with Gasteiger partial charge in [0.15, 0.2) is 0 Å². The second-order valence-electron chi connectivity index (χ2n) is 8.34. The van der Waals surface area contributed by atoms with Crippen molar-refractivity contribution >= 4 is 29.6 Å². The van der Waals surface area contributed by atoms with Crippen LogP contribution in [0.15, 0.2) is 30.3 Å². The van der Waals surface area contributed by atoms with E-state index in [2.05, 4.69) is 22.8 Å². The molecule has 30 heavy (non-hydrogen) atoms. The molecule has 2 N–H and O–H groups in total. The van der Waals surface area contributed by atoms with Crippen LogP contribution in [0.5, 0.6) is 0 Å². The highest BCUT2D eigenvalue weighted by atomic mass is 32.2. The van der Waals surface area contributed by atoms with Crippen LogP contribution in [0, 0.1) is 0 Å². The van der Waals surface area contributed by atoms with E-state index in [0.29, 0.717) is 18.8 Å². The number of carbonyl (C=O) groups excluding carboxylic acids is 3. The summed E-state index contributed by atoms with van der Waals surface area (Å²) in [7, 11) is 0. The minimum atomic E-state index is -0.585. The van der Waals surface area contributed by atoms with E-state index in [4.69, 9.17) is 0 Å². The van der Waals surface area contributed by atoms with Crippen molar-refractivity contribution in [3.63, 3.8) is 0 Å². The van der Waals surface area contributed by atoms with Crippen LogP contribution in [0.3, 0.4) is 0 Å². The highest BCUT2D eigenvalue weighted by Crippen LogP contribution is 2.21. The lowest BCUT2D eigenvalue weighted by molar-refractivity contribution is -0.151. The number of hydrogen-bond donors (Lipinski definition) is 2. The first-order chi connectivity index (χ1) is 14.6. The van der Waals surface area contributed by atoms with E-state index in [1.807, 2.05) is 18.2 Å². The van der Waals surface area contributed by atoms with Crippen LogP contribution >= 0.6 is 11.8 Å². The van der Waals surface area contributed by atoms with Crippen LogP contribution in [-0.4, -0.2) is 71.2 Å². The second kappa shape index (κ2) is 9.73. The quantitative estimate of drug-likeness (QED) is 0.748. The van der Waals surface area contributed by atoms with Crippen molar-refractivity contribution in [1.29, 1.82) is 0 Å². The number of hydrogen-bond acceptors (Lipinski definition) is 4. The van der Waals surface area contributed by atoms with Gasteiger partial charge < -0.3 is 20.4 Å². The molecule has 3 aliphatic rings. The number of fused-ring (bicyclic) bond motifs is 1. The lowest BCUT2D eigenvalue weighted by Gasteiger charge is -2.45. The van der Waals surface area contributed by atoms with E-state index in [9.17, 15) is 14.4 Å². The Bertz CT molecular complexity index is 769. The zero-order chi connectivity index (χ0) is 20.9. The minimum Gasteiger partial charge on any atom is -0.342 e. The van der Waals surface area contributed by atoms with Crippen LogP contribution in [0.1, 0.15) is 37.7 Å². The summed E-state index contributed by atoms with van der Waals surface area (Å²) in [5, 5.41) is 5.99. The molecule has 3 fully saturated rings. The summed E-state index contributed by atoms with van der Waals surface area (Å²) in [6.07, 6.45) is 5.59. The Morgan fingerprint density at radius 3 is 2.63 bits per heavy atom. The van der Waals surface area contributed by atoms with Gasteiger partial charge in [0.05, 0.1) is 6.54 Å². The average Bonchev–Trinajstić information content (AvgIpc) is 2.78. The van der Waals surface area contributed by atoms with E-state index in [1.165, 1.54) is 12.0 Å². The fourth-order valence-corrected chi connectivity index (χ4v) is 5.49. The first kappa shape index (κ1) is 21.0. The fourth-order valence-electron chi connectivity index (χ4n) is 4.48. The van der Waals surface area contributed by atoms with Crippen LogP contribution in [0.2, 0.25) is 0 Å². The first-order valence-electron chi connectivity index (χ1n) is 10.9. The Labute approximate surface area is 181 Å².